The zero-order valence-electron chi connectivity index (χ0n) is 14.0. The summed E-state index contributed by atoms with van der Waals surface area (Å²) >= 11 is 0. The van der Waals surface area contributed by atoms with Gasteiger partial charge in [0.15, 0.2) is 5.78 Å². The van der Waals surface area contributed by atoms with Gasteiger partial charge in [-0.25, -0.2) is 9.37 Å². The van der Waals surface area contributed by atoms with E-state index in [4.69, 9.17) is 9.47 Å². The van der Waals surface area contributed by atoms with Gasteiger partial charge in [-0.1, -0.05) is 0 Å². The predicted octanol–water partition coefficient (Wildman–Crippen LogP) is 2.91. The Labute approximate surface area is 145 Å². The number of ether oxygens (including phenoxy) is 2. The van der Waals surface area contributed by atoms with Crippen LogP contribution < -0.4 is 4.74 Å². The molecular weight excluding hydrogens is 323 g/mol. The molecule has 1 spiro atoms. The van der Waals surface area contributed by atoms with Gasteiger partial charge in [-0.05, 0) is 31.9 Å². The number of nitrogens with zero attached hydrogens (tertiary/aromatic N) is 2. The molecule has 2 aliphatic rings. The van der Waals surface area contributed by atoms with Crippen LogP contribution >= 0.6 is 0 Å². The Morgan fingerprint density at radius 1 is 1.36 bits per heavy atom. The Morgan fingerprint density at radius 2 is 2.16 bits per heavy atom. The molecule has 1 aliphatic carbocycles. The summed E-state index contributed by atoms with van der Waals surface area (Å²) in [6.07, 6.45) is 3.36. The Morgan fingerprint density at radius 3 is 2.80 bits per heavy atom. The average molecular weight is 342 g/mol. The number of Topliss-reactive ketones (excluding diaryl/α,β-unsaturated/α-hetero) is 1. The van der Waals surface area contributed by atoms with Crippen LogP contribution in [0.4, 0.5) is 4.39 Å². The molecule has 1 aliphatic heterocycles. The number of aryl methyl sites for hydroxylation is 1. The smallest absolute Gasteiger partial charge is 0.187 e. The fourth-order valence-electron chi connectivity index (χ4n) is 3.42. The lowest BCUT2D eigenvalue weighted by molar-refractivity contribution is -0.191. The van der Waals surface area contributed by atoms with Gasteiger partial charge in [-0.15, -0.1) is 0 Å². The van der Waals surface area contributed by atoms with Crippen LogP contribution in [0.5, 0.6) is 5.75 Å². The molecule has 0 radical (unpaired) electrons. The second-order valence-corrected chi connectivity index (χ2v) is 7.04. The summed E-state index contributed by atoms with van der Waals surface area (Å²) in [6, 6.07) is 6.33. The van der Waals surface area contributed by atoms with Crippen LogP contribution in [0.2, 0.25) is 0 Å². The van der Waals surface area contributed by atoms with Gasteiger partial charge >= 0.3 is 0 Å². The molecule has 0 amide bonds. The summed E-state index contributed by atoms with van der Waals surface area (Å²) in [7, 11) is 0. The van der Waals surface area contributed by atoms with Crippen LogP contribution in [0.15, 0.2) is 30.5 Å². The molecule has 3 heterocycles. The fourth-order valence-corrected chi connectivity index (χ4v) is 3.42. The van der Waals surface area contributed by atoms with Crippen LogP contribution in [0, 0.1) is 18.2 Å². The molecule has 2 aromatic heterocycles. The second kappa shape index (κ2) is 6.19. The zero-order chi connectivity index (χ0) is 17.4. The summed E-state index contributed by atoms with van der Waals surface area (Å²) < 4.78 is 24.2. The van der Waals surface area contributed by atoms with Crippen molar-refractivity contribution in [1.29, 1.82) is 0 Å². The maximum atomic E-state index is 12.9. The minimum atomic E-state index is -0.421. The molecule has 6 heteroatoms. The van der Waals surface area contributed by atoms with Crippen molar-refractivity contribution >= 4 is 5.78 Å². The van der Waals surface area contributed by atoms with Gasteiger partial charge in [0.1, 0.15) is 23.4 Å². The van der Waals surface area contributed by atoms with Gasteiger partial charge in [-0.2, -0.15) is 0 Å². The molecule has 2 fully saturated rings. The van der Waals surface area contributed by atoms with Crippen molar-refractivity contribution in [3.63, 3.8) is 0 Å². The van der Waals surface area contributed by atoms with Crippen molar-refractivity contribution in [3.05, 3.63) is 53.4 Å². The number of rotatable bonds is 5. The van der Waals surface area contributed by atoms with Crippen LogP contribution in [0.3, 0.4) is 0 Å². The highest BCUT2D eigenvalue weighted by Crippen LogP contribution is 2.48. The van der Waals surface area contributed by atoms with E-state index in [0.29, 0.717) is 22.6 Å². The number of halogens is 1. The minimum Gasteiger partial charge on any atom is -0.490 e. The summed E-state index contributed by atoms with van der Waals surface area (Å²) in [5.74, 6) is 0.0869. The van der Waals surface area contributed by atoms with Gasteiger partial charge in [0, 0.05) is 28.9 Å². The van der Waals surface area contributed by atoms with Crippen molar-refractivity contribution in [1.82, 2.24) is 9.97 Å². The Balaban J connectivity index is 1.43. The first-order valence-electron chi connectivity index (χ1n) is 8.38. The molecule has 4 rings (SSSR count). The van der Waals surface area contributed by atoms with E-state index in [0.717, 1.165) is 37.9 Å². The highest BCUT2D eigenvalue weighted by atomic mass is 19.1. The Hall–Kier alpha value is -2.34. The summed E-state index contributed by atoms with van der Waals surface area (Å²) in [5, 5.41) is 0. The zero-order valence-corrected chi connectivity index (χ0v) is 14.0. The average Bonchev–Trinajstić information content (AvgIpc) is 2.50. The van der Waals surface area contributed by atoms with Crippen molar-refractivity contribution < 1.29 is 18.7 Å². The molecule has 0 N–H and O–H groups in total. The molecule has 25 heavy (non-hydrogen) atoms. The maximum absolute atomic E-state index is 12.9. The quantitative estimate of drug-likeness (QED) is 0.782. The summed E-state index contributed by atoms with van der Waals surface area (Å²) in [5.41, 5.74) is 1.93. The number of hydrogen-bond acceptors (Lipinski definition) is 5. The van der Waals surface area contributed by atoms with E-state index in [1.54, 1.807) is 6.07 Å². The summed E-state index contributed by atoms with van der Waals surface area (Å²) in [4.78, 5) is 20.7. The third kappa shape index (κ3) is 3.39. The molecule has 1 saturated carbocycles. The topological polar surface area (TPSA) is 61.3 Å². The number of ketones is 1. The highest BCUT2D eigenvalue weighted by Gasteiger charge is 2.51. The van der Waals surface area contributed by atoms with E-state index >= 15 is 0 Å². The van der Waals surface area contributed by atoms with Crippen LogP contribution in [0.1, 0.15) is 34.7 Å². The van der Waals surface area contributed by atoms with Crippen LogP contribution in [-0.2, 0) is 11.2 Å². The van der Waals surface area contributed by atoms with E-state index in [9.17, 15) is 9.18 Å². The molecule has 0 atom stereocenters. The van der Waals surface area contributed by atoms with Gasteiger partial charge in [0.25, 0.3) is 0 Å². The number of aromatic nitrogens is 2. The lowest BCUT2D eigenvalue weighted by Gasteiger charge is -2.52. The fraction of sp³-hybridized carbons (Fsp3) is 0.421. The van der Waals surface area contributed by atoms with Crippen LogP contribution in [-0.4, -0.2) is 35.1 Å². The molecular formula is C19H19FN2O3. The maximum Gasteiger partial charge on any atom is 0.187 e. The van der Waals surface area contributed by atoms with Crippen molar-refractivity contribution in [2.24, 2.45) is 5.41 Å². The molecule has 5 nitrogen and oxygen atoms in total. The first kappa shape index (κ1) is 16.1. The van der Waals surface area contributed by atoms with Gasteiger partial charge in [0.05, 0.1) is 25.8 Å². The molecule has 1 saturated heterocycles. The SMILES string of the molecule is Cc1cc(OC2CC3(COC3)C2)cc(C(=O)Cc2ccc(F)cn2)n1. The standard InChI is InChI=1S/C19H19FN2O3/c1-12-4-15(25-16-7-19(8-16)10-24-11-19)6-17(22-12)18(23)5-14-3-2-13(20)9-21-14/h2-4,6,9,16H,5,7-8,10-11H2,1H3. The minimum absolute atomic E-state index is 0.0834. The third-order valence-electron chi connectivity index (χ3n) is 4.78. The number of carbonyl (C=O) groups is 1. The third-order valence-corrected chi connectivity index (χ3v) is 4.78. The van der Waals surface area contributed by atoms with Gasteiger partial charge in [-0.3, -0.25) is 9.78 Å². The van der Waals surface area contributed by atoms with E-state index in [2.05, 4.69) is 9.97 Å². The van der Waals surface area contributed by atoms with Crippen molar-refractivity contribution in [2.75, 3.05) is 13.2 Å². The van der Waals surface area contributed by atoms with Crippen molar-refractivity contribution in [3.8, 4) is 5.75 Å². The lowest BCUT2D eigenvalue weighted by Crippen LogP contribution is -2.56. The number of hydrogen-bond donors (Lipinski definition) is 0. The van der Waals surface area contributed by atoms with E-state index in [-0.39, 0.29) is 18.3 Å². The molecule has 0 aromatic carbocycles. The first-order valence-corrected chi connectivity index (χ1v) is 8.38. The molecule has 0 bridgehead atoms. The lowest BCUT2D eigenvalue weighted by atomic mass is 9.65. The number of pyridine rings is 2. The van der Waals surface area contributed by atoms with E-state index in [1.807, 2.05) is 13.0 Å². The normalized spacial score (nSPS) is 18.5. The van der Waals surface area contributed by atoms with Crippen LogP contribution in [0.25, 0.3) is 0 Å². The molecule has 2 aromatic rings. The van der Waals surface area contributed by atoms with Crippen molar-refractivity contribution in [2.45, 2.75) is 32.3 Å². The largest absolute Gasteiger partial charge is 0.490 e. The van der Waals surface area contributed by atoms with E-state index in [1.165, 1.54) is 12.1 Å². The molecule has 130 valence electrons. The van der Waals surface area contributed by atoms with Gasteiger partial charge < -0.3 is 9.47 Å². The number of carbonyl (C=O) groups excluding carboxylic acids is 1. The summed E-state index contributed by atoms with van der Waals surface area (Å²) in [6.45, 7) is 3.50. The van der Waals surface area contributed by atoms with E-state index < -0.39 is 5.82 Å². The Kier molecular flexibility index (Phi) is 4.00. The monoisotopic (exact) mass is 342 g/mol. The Bertz CT molecular complexity index is 795. The second-order valence-electron chi connectivity index (χ2n) is 7.04. The first-order chi connectivity index (χ1) is 12.0. The predicted molar refractivity (Wildman–Crippen MR) is 88.1 cm³/mol. The highest BCUT2D eigenvalue weighted by molar-refractivity contribution is 5.95. The van der Waals surface area contributed by atoms with Gasteiger partial charge in [0.2, 0.25) is 0 Å². The molecule has 0 unspecified atom stereocenters.